The van der Waals surface area contributed by atoms with Gasteiger partial charge in [0.25, 0.3) is 0 Å². The Morgan fingerprint density at radius 2 is 1.05 bits per heavy atom. The third-order valence-electron chi connectivity index (χ3n) is 10.5. The molecule has 66 heavy (non-hydrogen) atoms. The average Bonchev–Trinajstić information content (AvgIpc) is 3.29. The van der Waals surface area contributed by atoms with Gasteiger partial charge < -0.3 is 45.0 Å². The number of carbonyl (C=O) groups excluding carboxylic acids is 2. The SMILES string of the molecule is CC/C=C\C/C=C\C/C=C\C/C=C\CCCCCCCCC(=O)O[C@H](COC(=O)CCC[C@H](O)/C=C/C=C\C/C=C\C/C=C\CCCCC)COP(=O)(O)OC1[C@H](O)[C@H](O)C(O)[C@H](O)[C@H]1O. The summed E-state index contributed by atoms with van der Waals surface area (Å²) in [7, 11) is -5.18. The van der Waals surface area contributed by atoms with Crippen molar-refractivity contribution in [1.82, 2.24) is 0 Å². The minimum absolute atomic E-state index is 0.0341. The summed E-state index contributed by atoms with van der Waals surface area (Å²) in [5.74, 6) is -1.33. The van der Waals surface area contributed by atoms with Gasteiger partial charge in [-0.25, -0.2) is 4.57 Å². The minimum atomic E-state index is -5.18. The topological polar surface area (TPSA) is 230 Å². The number of carbonyl (C=O) groups is 2. The molecular weight excluding hydrogens is 868 g/mol. The fourth-order valence-electron chi connectivity index (χ4n) is 6.62. The number of phosphoric acid groups is 1. The Bertz CT molecular complexity index is 1540. The van der Waals surface area contributed by atoms with Crippen molar-refractivity contribution in [2.45, 2.75) is 198 Å². The summed E-state index contributed by atoms with van der Waals surface area (Å²) in [6.45, 7) is 2.97. The molecule has 15 heteroatoms. The van der Waals surface area contributed by atoms with Crippen LogP contribution in [0.2, 0.25) is 0 Å². The van der Waals surface area contributed by atoms with Gasteiger partial charge in [0.15, 0.2) is 6.10 Å². The Hall–Kier alpha value is -3.27. The number of aliphatic hydroxyl groups excluding tert-OH is 6. The first-order valence-corrected chi connectivity index (χ1v) is 25.6. The molecule has 376 valence electrons. The molecule has 1 aliphatic carbocycles. The smallest absolute Gasteiger partial charge is 0.462 e. The molecule has 0 aromatic rings. The largest absolute Gasteiger partial charge is 0.472 e. The van der Waals surface area contributed by atoms with E-state index in [1.807, 2.05) is 12.2 Å². The fourth-order valence-corrected chi connectivity index (χ4v) is 7.59. The summed E-state index contributed by atoms with van der Waals surface area (Å²) < 4.78 is 33.4. The maximum atomic E-state index is 12.8. The second-order valence-corrected chi connectivity index (χ2v) is 17.8. The zero-order valence-corrected chi connectivity index (χ0v) is 40.4. The predicted octanol–water partition coefficient (Wildman–Crippen LogP) is 8.80. The van der Waals surface area contributed by atoms with Crippen LogP contribution in [0.3, 0.4) is 0 Å². The molecular formula is C51H83O14P. The Balaban J connectivity index is 2.54. The molecule has 9 atom stereocenters. The first-order valence-electron chi connectivity index (χ1n) is 24.1. The molecule has 0 heterocycles. The number of hydrogen-bond donors (Lipinski definition) is 7. The Labute approximate surface area is 394 Å². The Morgan fingerprint density at radius 1 is 0.561 bits per heavy atom. The molecule has 0 spiro atoms. The average molecular weight is 951 g/mol. The summed E-state index contributed by atoms with van der Waals surface area (Å²) in [4.78, 5) is 35.8. The highest BCUT2D eigenvalue weighted by Crippen LogP contribution is 2.47. The van der Waals surface area contributed by atoms with E-state index in [1.165, 1.54) is 19.3 Å². The maximum Gasteiger partial charge on any atom is 0.472 e. The number of phosphoric ester groups is 1. The van der Waals surface area contributed by atoms with E-state index in [4.69, 9.17) is 18.5 Å². The van der Waals surface area contributed by atoms with Gasteiger partial charge in [0, 0.05) is 12.8 Å². The van der Waals surface area contributed by atoms with Gasteiger partial charge in [0.2, 0.25) is 0 Å². The standard InChI is InChI=1S/C51H83O14P/c1-3-5-7-9-11-13-15-17-18-19-20-21-22-24-26-28-30-32-34-38-45(54)64-43(41-63-66(60,61)65-51-49(58)47(56)46(55)48(57)50(51)59)40-62-44(53)39-35-37-42(52)36-33-31-29-27-25-23-16-14-12-10-8-6-4-2/h5,7,11-14,17-18,20-21,23,25,29,31,33,36,42-43,46-52,55-59H,3-4,6,8-10,15-16,19,22,24,26-28,30,32,34-35,37-41H2,1-2H3,(H,60,61)/b7-5-,13-11-,14-12-,18-17-,21-20-,25-23-,31-29-,36-33+/t42-,43-,46?,47-,48+,49-,50-,51?/m1/s1. The van der Waals surface area contributed by atoms with Crippen LogP contribution in [-0.4, -0.2) is 110 Å². The van der Waals surface area contributed by atoms with Gasteiger partial charge in [-0.1, -0.05) is 150 Å². The lowest BCUT2D eigenvalue weighted by atomic mass is 9.85. The van der Waals surface area contributed by atoms with Crippen LogP contribution >= 0.6 is 7.82 Å². The second kappa shape index (κ2) is 39.7. The highest BCUT2D eigenvalue weighted by molar-refractivity contribution is 7.47. The zero-order valence-electron chi connectivity index (χ0n) is 39.6. The van der Waals surface area contributed by atoms with Crippen LogP contribution in [0.25, 0.3) is 0 Å². The summed E-state index contributed by atoms with van der Waals surface area (Å²) in [6, 6.07) is 0. The molecule has 1 fully saturated rings. The van der Waals surface area contributed by atoms with Gasteiger partial charge in [-0.2, -0.15) is 0 Å². The first kappa shape index (κ1) is 60.7. The number of unbranched alkanes of at least 4 members (excludes halogenated alkanes) is 9. The van der Waals surface area contributed by atoms with Crippen LogP contribution in [-0.2, 0) is 32.7 Å². The van der Waals surface area contributed by atoms with Crippen molar-refractivity contribution in [3.8, 4) is 0 Å². The molecule has 1 saturated carbocycles. The predicted molar refractivity (Wildman–Crippen MR) is 259 cm³/mol. The van der Waals surface area contributed by atoms with Gasteiger partial charge in [-0.3, -0.25) is 18.6 Å². The monoisotopic (exact) mass is 951 g/mol. The van der Waals surface area contributed by atoms with Crippen LogP contribution < -0.4 is 0 Å². The van der Waals surface area contributed by atoms with E-state index in [-0.39, 0.29) is 25.7 Å². The van der Waals surface area contributed by atoms with Crippen molar-refractivity contribution >= 4 is 19.8 Å². The molecule has 0 radical (unpaired) electrons. The van der Waals surface area contributed by atoms with E-state index in [2.05, 4.69) is 86.8 Å². The van der Waals surface area contributed by atoms with Crippen molar-refractivity contribution in [2.75, 3.05) is 13.2 Å². The number of allylic oxidation sites excluding steroid dienone is 15. The molecule has 0 bridgehead atoms. The summed E-state index contributed by atoms with van der Waals surface area (Å²) in [5.41, 5.74) is 0. The van der Waals surface area contributed by atoms with Crippen molar-refractivity contribution in [3.63, 3.8) is 0 Å². The van der Waals surface area contributed by atoms with E-state index < -0.39 is 81.8 Å². The number of ether oxygens (including phenoxy) is 2. The fraction of sp³-hybridized carbons (Fsp3) is 0.647. The molecule has 0 saturated heterocycles. The zero-order chi connectivity index (χ0) is 48.7. The van der Waals surface area contributed by atoms with Gasteiger partial charge in [0.1, 0.15) is 43.2 Å². The lowest BCUT2D eigenvalue weighted by Gasteiger charge is -2.41. The van der Waals surface area contributed by atoms with Gasteiger partial charge >= 0.3 is 19.8 Å². The third-order valence-corrected chi connectivity index (χ3v) is 11.5. The summed E-state index contributed by atoms with van der Waals surface area (Å²) >= 11 is 0. The van der Waals surface area contributed by atoms with E-state index in [0.717, 1.165) is 83.5 Å². The minimum Gasteiger partial charge on any atom is -0.462 e. The molecule has 1 rings (SSSR count). The van der Waals surface area contributed by atoms with E-state index >= 15 is 0 Å². The van der Waals surface area contributed by atoms with Crippen LogP contribution in [0.4, 0.5) is 0 Å². The maximum absolute atomic E-state index is 12.8. The molecule has 14 nitrogen and oxygen atoms in total. The van der Waals surface area contributed by atoms with E-state index in [1.54, 1.807) is 12.2 Å². The van der Waals surface area contributed by atoms with Crippen molar-refractivity contribution in [1.29, 1.82) is 0 Å². The van der Waals surface area contributed by atoms with Crippen LogP contribution in [0.1, 0.15) is 149 Å². The lowest BCUT2D eigenvalue weighted by Crippen LogP contribution is -2.64. The molecule has 0 aliphatic heterocycles. The number of esters is 2. The first-order chi connectivity index (χ1) is 31.8. The van der Waals surface area contributed by atoms with Gasteiger partial charge in [-0.05, 0) is 83.5 Å². The Morgan fingerprint density at radius 3 is 1.62 bits per heavy atom. The number of hydrogen-bond acceptors (Lipinski definition) is 13. The summed E-state index contributed by atoms with van der Waals surface area (Å²) in [5, 5.41) is 60.5. The quantitative estimate of drug-likeness (QED) is 0.0101. The lowest BCUT2D eigenvalue weighted by molar-refractivity contribution is -0.220. The highest BCUT2D eigenvalue weighted by Gasteiger charge is 2.51. The number of aliphatic hydroxyl groups is 6. The molecule has 3 unspecified atom stereocenters. The number of rotatable bonds is 38. The normalized spacial score (nSPS) is 22.6. The molecule has 1 aliphatic rings. The van der Waals surface area contributed by atoms with E-state index in [9.17, 15) is 49.7 Å². The van der Waals surface area contributed by atoms with Crippen LogP contribution in [0.5, 0.6) is 0 Å². The van der Waals surface area contributed by atoms with Crippen molar-refractivity contribution < 1.29 is 68.2 Å². The highest BCUT2D eigenvalue weighted by atomic mass is 31.2. The molecule has 7 N–H and O–H groups in total. The molecule has 0 amide bonds. The van der Waals surface area contributed by atoms with Gasteiger partial charge in [-0.15, -0.1) is 0 Å². The third kappa shape index (κ3) is 31.7. The molecule has 0 aromatic carbocycles. The van der Waals surface area contributed by atoms with Gasteiger partial charge in [0.05, 0.1) is 12.7 Å². The van der Waals surface area contributed by atoms with Crippen molar-refractivity contribution in [3.05, 3.63) is 97.2 Å². The van der Waals surface area contributed by atoms with E-state index in [0.29, 0.717) is 6.42 Å². The second-order valence-electron chi connectivity index (χ2n) is 16.4. The summed E-state index contributed by atoms with van der Waals surface area (Å²) in [6.07, 6.45) is 36.1. The Kier molecular flexibility index (Phi) is 36.5. The van der Waals surface area contributed by atoms with Crippen LogP contribution in [0, 0.1) is 0 Å². The molecule has 0 aromatic heterocycles. The van der Waals surface area contributed by atoms with Crippen LogP contribution in [0.15, 0.2) is 97.2 Å². The van der Waals surface area contributed by atoms with Crippen molar-refractivity contribution in [2.24, 2.45) is 0 Å².